The van der Waals surface area contributed by atoms with Crippen LogP contribution in [0.15, 0.2) is 47.0 Å². The highest BCUT2D eigenvalue weighted by molar-refractivity contribution is 5.79. The van der Waals surface area contributed by atoms with Crippen LogP contribution in [-0.2, 0) is 11.3 Å². The Morgan fingerprint density at radius 1 is 1.13 bits per heavy atom. The predicted octanol–water partition coefficient (Wildman–Crippen LogP) is 4.66. The molecular weight excluding hydrogens is 378 g/mol. The molecule has 1 amide bonds. The van der Waals surface area contributed by atoms with Gasteiger partial charge in [-0.3, -0.25) is 4.79 Å². The lowest BCUT2D eigenvalue weighted by molar-refractivity contribution is -0.128. The van der Waals surface area contributed by atoms with E-state index in [9.17, 15) is 4.79 Å². The van der Waals surface area contributed by atoms with Crippen LogP contribution in [0.1, 0.15) is 48.7 Å². The van der Waals surface area contributed by atoms with Crippen LogP contribution in [0.3, 0.4) is 0 Å². The van der Waals surface area contributed by atoms with E-state index >= 15 is 0 Å². The maximum Gasteiger partial charge on any atom is 0.257 e. The van der Waals surface area contributed by atoms with Gasteiger partial charge in [0.2, 0.25) is 5.91 Å². The van der Waals surface area contributed by atoms with Gasteiger partial charge in [0.1, 0.15) is 5.75 Å². The first-order valence-electron chi connectivity index (χ1n) is 10.3. The summed E-state index contributed by atoms with van der Waals surface area (Å²) in [5.74, 6) is 2.00. The van der Waals surface area contributed by atoms with Crippen LogP contribution >= 0.6 is 0 Å². The van der Waals surface area contributed by atoms with Gasteiger partial charge >= 0.3 is 0 Å². The average molecular weight is 405 g/mol. The summed E-state index contributed by atoms with van der Waals surface area (Å²) < 4.78 is 11.2. The predicted molar refractivity (Wildman–Crippen MR) is 114 cm³/mol. The van der Waals surface area contributed by atoms with Gasteiger partial charge in [-0.25, -0.2) is 0 Å². The van der Waals surface area contributed by atoms with Crippen molar-refractivity contribution >= 4 is 5.91 Å². The van der Waals surface area contributed by atoms with Crippen molar-refractivity contribution in [3.05, 3.63) is 65.0 Å². The van der Waals surface area contributed by atoms with Crippen LogP contribution in [0.5, 0.6) is 5.75 Å². The number of likely N-dealkylation sites (tertiary alicyclic amines) is 1. The summed E-state index contributed by atoms with van der Waals surface area (Å²) in [6, 6.07) is 14.0. The highest BCUT2D eigenvalue weighted by atomic mass is 16.5. The number of carbonyl (C=O) groups excluding carboxylic acids is 1. The number of aromatic nitrogens is 2. The van der Waals surface area contributed by atoms with E-state index in [4.69, 9.17) is 9.26 Å². The highest BCUT2D eigenvalue weighted by Crippen LogP contribution is 2.30. The highest BCUT2D eigenvalue weighted by Gasteiger charge is 2.33. The number of aryl methyl sites for hydroxylation is 2. The van der Waals surface area contributed by atoms with Crippen molar-refractivity contribution in [3.63, 3.8) is 0 Å². The Morgan fingerprint density at radius 3 is 2.60 bits per heavy atom. The van der Waals surface area contributed by atoms with E-state index in [-0.39, 0.29) is 17.9 Å². The third-order valence-corrected chi connectivity index (χ3v) is 5.44. The zero-order valence-corrected chi connectivity index (χ0v) is 17.9. The Balaban J connectivity index is 1.42. The molecule has 156 valence electrons. The van der Waals surface area contributed by atoms with Crippen molar-refractivity contribution in [2.75, 3.05) is 6.54 Å². The second-order valence-corrected chi connectivity index (χ2v) is 8.24. The summed E-state index contributed by atoms with van der Waals surface area (Å²) in [7, 11) is 0. The largest absolute Gasteiger partial charge is 0.491 e. The third-order valence-electron chi connectivity index (χ3n) is 5.44. The lowest BCUT2D eigenvalue weighted by Gasteiger charge is -2.17. The first-order chi connectivity index (χ1) is 14.4. The topological polar surface area (TPSA) is 68.5 Å². The van der Waals surface area contributed by atoms with Gasteiger partial charge in [0, 0.05) is 31.0 Å². The fraction of sp³-hybridized carbons (Fsp3) is 0.375. The van der Waals surface area contributed by atoms with Crippen molar-refractivity contribution < 1.29 is 14.1 Å². The average Bonchev–Trinajstić information content (AvgIpc) is 3.33. The van der Waals surface area contributed by atoms with Gasteiger partial charge in [0.05, 0.1) is 6.10 Å². The summed E-state index contributed by atoms with van der Waals surface area (Å²) in [5, 5.41) is 4.16. The fourth-order valence-electron chi connectivity index (χ4n) is 3.66. The van der Waals surface area contributed by atoms with Crippen LogP contribution in [0.4, 0.5) is 0 Å². The minimum absolute atomic E-state index is 0.0508. The third kappa shape index (κ3) is 4.37. The molecule has 1 aromatic heterocycles. The van der Waals surface area contributed by atoms with E-state index in [0.29, 0.717) is 31.2 Å². The van der Waals surface area contributed by atoms with Crippen molar-refractivity contribution in [3.8, 4) is 17.2 Å². The molecule has 1 unspecified atom stereocenters. The summed E-state index contributed by atoms with van der Waals surface area (Å²) in [6.07, 6.45) is 0.543. The van der Waals surface area contributed by atoms with E-state index in [1.165, 1.54) is 11.1 Å². The molecule has 30 heavy (non-hydrogen) atoms. The zero-order valence-electron chi connectivity index (χ0n) is 17.9. The molecule has 0 spiro atoms. The molecule has 1 atom stereocenters. The SMILES string of the molecule is Cc1ccc(-c2nc(C3CC(=O)N(Cc4ccc(OC(C)C)cc4)C3)no2)cc1C. The molecule has 1 aliphatic heterocycles. The van der Waals surface area contributed by atoms with Gasteiger partial charge in [0.25, 0.3) is 5.89 Å². The number of rotatable bonds is 6. The Morgan fingerprint density at radius 2 is 1.90 bits per heavy atom. The van der Waals surface area contributed by atoms with Crippen molar-refractivity contribution in [1.82, 2.24) is 15.0 Å². The smallest absolute Gasteiger partial charge is 0.257 e. The van der Waals surface area contributed by atoms with Gasteiger partial charge in [-0.2, -0.15) is 4.98 Å². The Kier molecular flexibility index (Phi) is 5.57. The molecule has 0 saturated carbocycles. The monoisotopic (exact) mass is 405 g/mol. The molecule has 3 aromatic rings. The van der Waals surface area contributed by atoms with Gasteiger partial charge in [-0.1, -0.05) is 23.4 Å². The van der Waals surface area contributed by atoms with Crippen LogP contribution in [0.25, 0.3) is 11.5 Å². The van der Waals surface area contributed by atoms with Crippen LogP contribution in [0, 0.1) is 13.8 Å². The lowest BCUT2D eigenvalue weighted by Crippen LogP contribution is -2.24. The summed E-state index contributed by atoms with van der Waals surface area (Å²) in [6.45, 7) is 9.29. The first-order valence-corrected chi connectivity index (χ1v) is 10.3. The normalized spacial score (nSPS) is 16.5. The van der Waals surface area contributed by atoms with Gasteiger partial charge < -0.3 is 14.2 Å². The standard InChI is InChI=1S/C24H27N3O3/c1-15(2)29-21-9-6-18(7-10-21)13-27-14-20(12-22(27)28)23-25-24(30-26-23)19-8-5-16(3)17(4)11-19/h5-11,15,20H,12-14H2,1-4H3. The Bertz CT molecular complexity index is 1040. The molecule has 6 nitrogen and oxygen atoms in total. The summed E-state index contributed by atoms with van der Waals surface area (Å²) in [4.78, 5) is 19.0. The molecule has 1 fully saturated rings. The second kappa shape index (κ2) is 8.30. The maximum absolute atomic E-state index is 12.5. The number of hydrogen-bond acceptors (Lipinski definition) is 5. The molecule has 0 bridgehead atoms. The number of carbonyl (C=O) groups is 1. The van der Waals surface area contributed by atoms with Crippen LogP contribution in [0.2, 0.25) is 0 Å². The fourth-order valence-corrected chi connectivity index (χ4v) is 3.66. The number of benzene rings is 2. The number of ether oxygens (including phenoxy) is 1. The number of hydrogen-bond donors (Lipinski definition) is 0. The second-order valence-electron chi connectivity index (χ2n) is 8.24. The van der Waals surface area contributed by atoms with E-state index in [1.54, 1.807) is 0 Å². The molecule has 0 aliphatic carbocycles. The zero-order chi connectivity index (χ0) is 21.3. The Labute approximate surface area is 176 Å². The molecule has 0 radical (unpaired) electrons. The van der Waals surface area contributed by atoms with Crippen molar-refractivity contribution in [2.24, 2.45) is 0 Å². The minimum atomic E-state index is -0.0508. The van der Waals surface area contributed by atoms with Gasteiger partial charge in [0.15, 0.2) is 5.82 Å². The van der Waals surface area contributed by atoms with Crippen molar-refractivity contribution in [1.29, 1.82) is 0 Å². The van der Waals surface area contributed by atoms with E-state index in [1.807, 2.05) is 61.2 Å². The van der Waals surface area contributed by atoms with Gasteiger partial charge in [-0.15, -0.1) is 0 Å². The molecule has 6 heteroatoms. The van der Waals surface area contributed by atoms with Crippen LogP contribution in [-0.4, -0.2) is 33.6 Å². The molecule has 2 heterocycles. The number of amides is 1. The molecule has 1 saturated heterocycles. The van der Waals surface area contributed by atoms with Crippen molar-refractivity contribution in [2.45, 2.75) is 52.7 Å². The molecule has 4 rings (SSSR count). The summed E-state index contributed by atoms with van der Waals surface area (Å²) in [5.41, 5.74) is 4.38. The van der Waals surface area contributed by atoms with E-state index in [2.05, 4.69) is 24.0 Å². The first kappa shape index (κ1) is 20.1. The Hall–Kier alpha value is -3.15. The quantitative estimate of drug-likeness (QED) is 0.597. The van der Waals surface area contributed by atoms with E-state index < -0.39 is 0 Å². The molecule has 0 N–H and O–H groups in total. The summed E-state index contributed by atoms with van der Waals surface area (Å²) >= 11 is 0. The van der Waals surface area contributed by atoms with Gasteiger partial charge in [-0.05, 0) is 68.7 Å². The lowest BCUT2D eigenvalue weighted by atomic mass is 10.1. The number of nitrogens with zero attached hydrogens (tertiary/aromatic N) is 3. The molecular formula is C24H27N3O3. The molecule has 2 aromatic carbocycles. The van der Waals surface area contributed by atoms with E-state index in [0.717, 1.165) is 16.9 Å². The molecule has 1 aliphatic rings. The minimum Gasteiger partial charge on any atom is -0.491 e. The maximum atomic E-state index is 12.5. The van der Waals surface area contributed by atoms with Crippen LogP contribution < -0.4 is 4.74 Å².